The minimum atomic E-state index is -1.32. The largest absolute Gasteiger partial charge is 0.458 e. The van der Waals surface area contributed by atoms with Gasteiger partial charge >= 0.3 is 5.97 Å². The van der Waals surface area contributed by atoms with Crippen LogP contribution in [0.3, 0.4) is 0 Å². The lowest BCUT2D eigenvalue weighted by atomic mass is 9.73. The van der Waals surface area contributed by atoms with Crippen molar-refractivity contribution in [2.75, 3.05) is 0 Å². The Morgan fingerprint density at radius 2 is 1.90 bits per heavy atom. The number of hydrogen-bond acceptors (Lipinski definition) is 7. The number of hydrogen-bond donors (Lipinski definition) is 0. The van der Waals surface area contributed by atoms with Crippen LogP contribution in [-0.2, 0) is 32.6 Å². The highest BCUT2D eigenvalue weighted by atomic mass is 19.1. The Balaban J connectivity index is 1.36. The van der Waals surface area contributed by atoms with Crippen LogP contribution >= 0.6 is 0 Å². The van der Waals surface area contributed by atoms with Crippen LogP contribution in [0.15, 0.2) is 24.5 Å². The van der Waals surface area contributed by atoms with E-state index >= 15 is 0 Å². The van der Waals surface area contributed by atoms with Crippen molar-refractivity contribution in [1.82, 2.24) is 19.6 Å². The van der Waals surface area contributed by atoms with Gasteiger partial charge in [0.2, 0.25) is 0 Å². The van der Waals surface area contributed by atoms with Crippen LogP contribution in [0.1, 0.15) is 74.9 Å². The molecule has 10 heteroatoms. The molecular formula is C29H31F2N5O3. The Morgan fingerprint density at radius 1 is 1.21 bits per heavy atom. The van der Waals surface area contributed by atoms with E-state index in [9.17, 15) is 23.6 Å². The Kier molecular flexibility index (Phi) is 6.95. The molecule has 2 fully saturated rings. The second kappa shape index (κ2) is 10.1. The van der Waals surface area contributed by atoms with Gasteiger partial charge in [0.1, 0.15) is 23.2 Å². The molecule has 2 aromatic heterocycles. The van der Waals surface area contributed by atoms with Crippen molar-refractivity contribution in [3.8, 4) is 6.07 Å². The minimum absolute atomic E-state index is 0.00154. The number of nitriles is 1. The molecule has 1 aliphatic heterocycles. The van der Waals surface area contributed by atoms with Crippen LogP contribution < -0.4 is 0 Å². The number of esters is 1. The maximum absolute atomic E-state index is 14.9. The molecule has 1 saturated carbocycles. The summed E-state index contributed by atoms with van der Waals surface area (Å²) in [4.78, 5) is 35.3. The van der Waals surface area contributed by atoms with Crippen LogP contribution in [0, 0.1) is 41.7 Å². The van der Waals surface area contributed by atoms with Crippen LogP contribution in [0.4, 0.5) is 8.78 Å². The Hall–Kier alpha value is -3.74. The first kappa shape index (κ1) is 26.9. The molecule has 2 atom stereocenters. The number of aromatic nitrogens is 4. The second-order valence-corrected chi connectivity index (χ2v) is 11.4. The molecule has 1 saturated heterocycles. The van der Waals surface area contributed by atoms with E-state index in [4.69, 9.17) is 4.74 Å². The van der Waals surface area contributed by atoms with Crippen LogP contribution in [0.25, 0.3) is 5.78 Å². The lowest BCUT2D eigenvalue weighted by molar-refractivity contribution is -0.185. The van der Waals surface area contributed by atoms with Gasteiger partial charge in [0.25, 0.3) is 5.78 Å². The van der Waals surface area contributed by atoms with Crippen LogP contribution in [-0.4, -0.2) is 36.9 Å². The normalized spacial score (nSPS) is 22.3. The first-order valence-electron chi connectivity index (χ1n) is 13.3. The molecule has 8 nitrogen and oxygen atoms in total. The van der Waals surface area contributed by atoms with Gasteiger partial charge in [0.05, 0.1) is 11.5 Å². The van der Waals surface area contributed by atoms with Crippen molar-refractivity contribution in [3.05, 3.63) is 58.7 Å². The smallest absolute Gasteiger partial charge is 0.317 e. The van der Waals surface area contributed by atoms with Crippen molar-refractivity contribution >= 4 is 17.5 Å². The van der Waals surface area contributed by atoms with Gasteiger partial charge in [-0.15, -0.1) is 5.10 Å². The number of ether oxygens (including phenoxy) is 1. The monoisotopic (exact) mass is 535 g/mol. The highest BCUT2D eigenvalue weighted by Gasteiger charge is 2.51. The Bertz CT molecular complexity index is 1440. The zero-order valence-electron chi connectivity index (χ0n) is 22.3. The fourth-order valence-corrected chi connectivity index (χ4v) is 6.04. The van der Waals surface area contributed by atoms with E-state index in [-0.39, 0.29) is 42.9 Å². The topological polar surface area (TPSA) is 110 Å². The van der Waals surface area contributed by atoms with Crippen LogP contribution in [0.5, 0.6) is 0 Å². The predicted octanol–water partition coefficient (Wildman–Crippen LogP) is 4.75. The van der Waals surface area contributed by atoms with Crippen LogP contribution in [0.2, 0.25) is 0 Å². The Morgan fingerprint density at radius 3 is 2.54 bits per heavy atom. The lowest BCUT2D eigenvalue weighted by Crippen LogP contribution is -2.52. The molecule has 204 valence electrons. The molecule has 0 radical (unpaired) electrons. The number of halogens is 2. The number of carbonyl (C=O) groups is 2. The minimum Gasteiger partial charge on any atom is -0.458 e. The van der Waals surface area contributed by atoms with E-state index in [2.05, 4.69) is 15.1 Å². The average molecular weight is 536 g/mol. The van der Waals surface area contributed by atoms with Gasteiger partial charge in [-0.25, -0.2) is 18.3 Å². The van der Waals surface area contributed by atoms with Crippen molar-refractivity contribution < 1.29 is 23.1 Å². The molecular weight excluding hydrogens is 504 g/mol. The molecule has 1 aliphatic carbocycles. The van der Waals surface area contributed by atoms with Crippen molar-refractivity contribution in [2.24, 2.45) is 11.8 Å². The molecule has 0 amide bonds. The standard InChI is InChI=1S/C29H31F2N5O3/c1-17-14-33-27-34-24(35-36(27)15-17)12-20-23(37)13-29(39-26(20)38,19-6-4-5-7-19)9-8-18-10-21(30)25(22(31)11-18)28(2,3)16-32/h10-11,14-15,19-20H,4-9,12-13H2,1-3H3. The third kappa shape index (κ3) is 5.14. The summed E-state index contributed by atoms with van der Waals surface area (Å²) in [6.07, 6.45) is 7.59. The van der Waals surface area contributed by atoms with E-state index in [1.165, 1.54) is 30.5 Å². The number of carbonyl (C=O) groups excluding carboxylic acids is 2. The highest BCUT2D eigenvalue weighted by molar-refractivity contribution is 6.01. The van der Waals surface area contributed by atoms with Crippen molar-refractivity contribution in [1.29, 1.82) is 5.26 Å². The number of aryl methyl sites for hydroxylation is 2. The maximum Gasteiger partial charge on any atom is 0.317 e. The molecule has 1 aromatic carbocycles. The molecule has 39 heavy (non-hydrogen) atoms. The zero-order valence-corrected chi connectivity index (χ0v) is 22.3. The third-order valence-corrected chi connectivity index (χ3v) is 8.15. The van der Waals surface area contributed by atoms with E-state index in [0.717, 1.165) is 31.2 Å². The van der Waals surface area contributed by atoms with Gasteiger partial charge in [-0.05, 0) is 75.6 Å². The Labute approximate surface area is 225 Å². The zero-order chi connectivity index (χ0) is 27.9. The number of nitrogens with zero attached hydrogens (tertiary/aromatic N) is 5. The molecule has 3 heterocycles. The quantitative estimate of drug-likeness (QED) is 0.317. The van der Waals surface area contributed by atoms with Gasteiger partial charge < -0.3 is 4.74 Å². The van der Waals surface area contributed by atoms with E-state index in [1.54, 1.807) is 12.4 Å². The summed E-state index contributed by atoms with van der Waals surface area (Å²) in [5.41, 5.74) is -1.32. The number of ketones is 1. The van der Waals surface area contributed by atoms with Gasteiger partial charge in [-0.2, -0.15) is 10.2 Å². The SMILES string of the molecule is Cc1cnc2nc(CC3C(=O)CC(CCc4cc(F)c(C(C)(C)C#N)c(F)c4)(C4CCCC4)OC3=O)nn2c1. The summed E-state index contributed by atoms with van der Waals surface area (Å²) in [5, 5.41) is 13.7. The summed E-state index contributed by atoms with van der Waals surface area (Å²) < 4.78 is 37.4. The number of benzene rings is 1. The molecule has 0 N–H and O–H groups in total. The molecule has 2 aliphatic rings. The highest BCUT2D eigenvalue weighted by Crippen LogP contribution is 2.45. The van der Waals surface area contributed by atoms with Gasteiger partial charge in [-0.1, -0.05) is 12.8 Å². The second-order valence-electron chi connectivity index (χ2n) is 11.4. The van der Waals surface area contributed by atoms with E-state index in [0.29, 0.717) is 17.2 Å². The fraction of sp³-hybridized carbons (Fsp3) is 0.517. The molecule has 2 unspecified atom stereocenters. The molecule has 3 aromatic rings. The van der Waals surface area contributed by atoms with Gasteiger partial charge in [0.15, 0.2) is 11.6 Å². The number of Topliss-reactive ketones (excluding diaryl/α,β-unsaturated/α-hetero) is 1. The summed E-state index contributed by atoms with van der Waals surface area (Å²) in [7, 11) is 0. The predicted molar refractivity (Wildman–Crippen MR) is 136 cm³/mol. The molecule has 5 rings (SSSR count). The fourth-order valence-electron chi connectivity index (χ4n) is 6.04. The first-order valence-corrected chi connectivity index (χ1v) is 13.3. The van der Waals surface area contributed by atoms with E-state index < -0.39 is 34.5 Å². The number of cyclic esters (lactones) is 1. The summed E-state index contributed by atoms with van der Waals surface area (Å²) in [6.45, 7) is 4.81. The molecule has 0 spiro atoms. The van der Waals surface area contributed by atoms with Gasteiger partial charge in [-0.3, -0.25) is 9.59 Å². The van der Waals surface area contributed by atoms with Crippen molar-refractivity contribution in [2.45, 2.75) is 83.2 Å². The summed E-state index contributed by atoms with van der Waals surface area (Å²) in [5.74, 6) is -2.70. The molecule has 0 bridgehead atoms. The summed E-state index contributed by atoms with van der Waals surface area (Å²) in [6, 6.07) is 4.41. The first-order chi connectivity index (χ1) is 18.5. The summed E-state index contributed by atoms with van der Waals surface area (Å²) >= 11 is 0. The third-order valence-electron chi connectivity index (χ3n) is 8.15. The van der Waals surface area contributed by atoms with Crippen molar-refractivity contribution in [3.63, 3.8) is 0 Å². The lowest BCUT2D eigenvalue weighted by Gasteiger charge is -2.43. The van der Waals surface area contributed by atoms with E-state index in [1.807, 2.05) is 13.0 Å². The average Bonchev–Trinajstić information content (AvgIpc) is 3.55. The maximum atomic E-state index is 14.9. The number of rotatable bonds is 7. The van der Waals surface area contributed by atoms with Gasteiger partial charge in [0, 0.05) is 30.8 Å². The number of fused-ring (bicyclic) bond motifs is 1.